The third-order valence-electron chi connectivity index (χ3n) is 1.85. The second kappa shape index (κ2) is 8.86. The summed E-state index contributed by atoms with van der Waals surface area (Å²) in [7, 11) is 1.34. The summed E-state index contributed by atoms with van der Waals surface area (Å²) in [4.78, 5) is 20.4. The van der Waals surface area contributed by atoms with E-state index in [2.05, 4.69) is 20.5 Å². The highest BCUT2D eigenvalue weighted by Gasteiger charge is 2.01. The minimum atomic E-state index is -0.711. The van der Waals surface area contributed by atoms with E-state index in [0.29, 0.717) is 6.61 Å². The summed E-state index contributed by atoms with van der Waals surface area (Å²) in [6.45, 7) is 3.98. The number of aryl methyl sites for hydroxylation is 1. The molecule has 0 aliphatic heterocycles. The molecule has 18 heavy (non-hydrogen) atoms. The molecular weight excluding hydrogens is 236 g/mol. The van der Waals surface area contributed by atoms with Gasteiger partial charge in [-0.15, -0.1) is 0 Å². The second-order valence-corrected chi connectivity index (χ2v) is 3.18. The van der Waals surface area contributed by atoms with E-state index < -0.39 is 12.2 Å². The molecule has 0 bridgehead atoms. The maximum absolute atomic E-state index is 10.8. The van der Waals surface area contributed by atoms with Gasteiger partial charge >= 0.3 is 12.2 Å². The number of anilines is 1. The van der Waals surface area contributed by atoms with Gasteiger partial charge in [0.05, 0.1) is 13.7 Å². The zero-order valence-electron chi connectivity index (χ0n) is 10.7. The number of hydrogen-bond donors (Lipinski definition) is 2. The standard InChI is InChI=1S/C9H11NO2.C3H7NO2/c1-7-5-3-4-6-8(7)10-9(11)12-2;1-2-6-3(4)5/h3-6H,1-2H3,(H,10,11);2H2,1H3,(H2,4,5). The van der Waals surface area contributed by atoms with E-state index in [1.165, 1.54) is 7.11 Å². The van der Waals surface area contributed by atoms with Crippen molar-refractivity contribution in [3.63, 3.8) is 0 Å². The van der Waals surface area contributed by atoms with Crippen LogP contribution in [0.1, 0.15) is 12.5 Å². The zero-order valence-corrected chi connectivity index (χ0v) is 10.7. The number of ether oxygens (including phenoxy) is 2. The maximum atomic E-state index is 10.8. The Balaban J connectivity index is 0.000000411. The van der Waals surface area contributed by atoms with Crippen molar-refractivity contribution in [1.82, 2.24) is 0 Å². The smallest absolute Gasteiger partial charge is 0.411 e. The van der Waals surface area contributed by atoms with Crippen molar-refractivity contribution in [1.29, 1.82) is 0 Å². The molecule has 0 spiro atoms. The molecule has 2 amide bonds. The highest BCUT2D eigenvalue weighted by Crippen LogP contribution is 2.12. The number of methoxy groups -OCH3 is 1. The molecule has 0 saturated heterocycles. The van der Waals surface area contributed by atoms with Crippen LogP contribution in [0.4, 0.5) is 15.3 Å². The van der Waals surface area contributed by atoms with Crippen molar-refractivity contribution in [2.24, 2.45) is 5.73 Å². The summed E-state index contributed by atoms with van der Waals surface area (Å²) >= 11 is 0. The quantitative estimate of drug-likeness (QED) is 0.847. The van der Waals surface area contributed by atoms with Gasteiger partial charge in [-0.2, -0.15) is 0 Å². The average Bonchev–Trinajstić information content (AvgIpc) is 2.32. The second-order valence-electron chi connectivity index (χ2n) is 3.18. The van der Waals surface area contributed by atoms with Gasteiger partial charge in [-0.05, 0) is 25.5 Å². The minimum absolute atomic E-state index is 0.356. The number of carbonyl (C=O) groups is 2. The number of para-hydroxylation sites is 1. The van der Waals surface area contributed by atoms with Gasteiger partial charge in [-0.25, -0.2) is 9.59 Å². The number of nitrogens with two attached hydrogens (primary N) is 1. The molecule has 0 saturated carbocycles. The van der Waals surface area contributed by atoms with Crippen LogP contribution in [0.2, 0.25) is 0 Å². The van der Waals surface area contributed by atoms with Gasteiger partial charge in [0, 0.05) is 5.69 Å². The van der Waals surface area contributed by atoms with Crippen molar-refractivity contribution >= 4 is 17.9 Å². The van der Waals surface area contributed by atoms with Gasteiger partial charge in [0.2, 0.25) is 0 Å². The fraction of sp³-hybridized carbons (Fsp3) is 0.333. The Morgan fingerprint density at radius 2 is 1.94 bits per heavy atom. The molecule has 0 aromatic heterocycles. The molecule has 3 N–H and O–H groups in total. The Hall–Kier alpha value is -2.24. The predicted octanol–water partition coefficient (Wildman–Crippen LogP) is 2.27. The first-order valence-electron chi connectivity index (χ1n) is 5.34. The van der Waals surface area contributed by atoms with Crippen molar-refractivity contribution in [3.8, 4) is 0 Å². The van der Waals surface area contributed by atoms with Crippen molar-refractivity contribution in [3.05, 3.63) is 29.8 Å². The van der Waals surface area contributed by atoms with Crippen LogP contribution in [0.15, 0.2) is 24.3 Å². The van der Waals surface area contributed by atoms with Gasteiger partial charge in [0.25, 0.3) is 0 Å². The predicted molar refractivity (Wildman–Crippen MR) is 68.4 cm³/mol. The molecule has 1 rings (SSSR count). The van der Waals surface area contributed by atoms with E-state index in [9.17, 15) is 9.59 Å². The molecule has 1 aromatic rings. The summed E-state index contributed by atoms with van der Waals surface area (Å²) in [6.07, 6.45) is -1.15. The number of rotatable bonds is 2. The number of amides is 2. The number of nitrogens with one attached hydrogen (secondary N) is 1. The molecule has 0 aliphatic rings. The molecule has 0 aliphatic carbocycles. The highest BCUT2D eigenvalue weighted by molar-refractivity contribution is 5.85. The Labute approximate surface area is 106 Å². The minimum Gasteiger partial charge on any atom is -0.453 e. The third kappa shape index (κ3) is 7.10. The highest BCUT2D eigenvalue weighted by atomic mass is 16.5. The Bertz CT molecular complexity index is 393. The van der Waals surface area contributed by atoms with Crippen molar-refractivity contribution < 1.29 is 19.1 Å². The lowest BCUT2D eigenvalue weighted by atomic mass is 10.2. The lowest BCUT2D eigenvalue weighted by Gasteiger charge is -2.05. The van der Waals surface area contributed by atoms with Crippen LogP contribution in [-0.2, 0) is 9.47 Å². The molecule has 6 heteroatoms. The van der Waals surface area contributed by atoms with Gasteiger partial charge in [-0.3, -0.25) is 5.32 Å². The van der Waals surface area contributed by atoms with Crippen LogP contribution in [0.5, 0.6) is 0 Å². The molecule has 1 aromatic carbocycles. The molecule has 0 heterocycles. The fourth-order valence-electron chi connectivity index (χ4n) is 1.02. The van der Waals surface area contributed by atoms with Gasteiger partial charge in [0.1, 0.15) is 0 Å². The first-order chi connectivity index (χ1) is 8.51. The Morgan fingerprint density at radius 3 is 2.33 bits per heavy atom. The van der Waals surface area contributed by atoms with Crippen LogP contribution in [0, 0.1) is 6.92 Å². The van der Waals surface area contributed by atoms with Crippen LogP contribution >= 0.6 is 0 Å². The summed E-state index contributed by atoms with van der Waals surface area (Å²) < 4.78 is 8.64. The molecule has 100 valence electrons. The summed E-state index contributed by atoms with van der Waals surface area (Å²) in [5, 5.41) is 2.60. The van der Waals surface area contributed by atoms with E-state index >= 15 is 0 Å². The summed E-state index contributed by atoms with van der Waals surface area (Å²) in [5.41, 5.74) is 6.34. The first kappa shape index (κ1) is 15.8. The Morgan fingerprint density at radius 1 is 1.33 bits per heavy atom. The van der Waals surface area contributed by atoms with E-state index in [4.69, 9.17) is 0 Å². The normalized spacial score (nSPS) is 8.61. The van der Waals surface area contributed by atoms with E-state index in [0.717, 1.165) is 11.3 Å². The summed E-state index contributed by atoms with van der Waals surface area (Å²) in [6, 6.07) is 7.52. The zero-order chi connectivity index (χ0) is 14.0. The lowest BCUT2D eigenvalue weighted by molar-refractivity contribution is 0.163. The van der Waals surface area contributed by atoms with Gasteiger partial charge in [-0.1, -0.05) is 18.2 Å². The van der Waals surface area contributed by atoms with Crippen molar-refractivity contribution in [2.75, 3.05) is 19.0 Å². The van der Waals surface area contributed by atoms with E-state index in [1.54, 1.807) is 6.92 Å². The van der Waals surface area contributed by atoms with Crippen molar-refractivity contribution in [2.45, 2.75) is 13.8 Å². The molecular formula is C12H18N2O4. The van der Waals surface area contributed by atoms with Crippen LogP contribution in [0.3, 0.4) is 0 Å². The van der Waals surface area contributed by atoms with E-state index in [1.807, 2.05) is 31.2 Å². The van der Waals surface area contributed by atoms with Crippen LogP contribution in [-0.4, -0.2) is 25.9 Å². The topological polar surface area (TPSA) is 90.7 Å². The summed E-state index contributed by atoms with van der Waals surface area (Å²) in [5.74, 6) is 0. The molecule has 0 radical (unpaired) electrons. The lowest BCUT2D eigenvalue weighted by Crippen LogP contribution is -2.11. The van der Waals surface area contributed by atoms with Gasteiger partial charge < -0.3 is 15.2 Å². The van der Waals surface area contributed by atoms with Crippen LogP contribution in [0.25, 0.3) is 0 Å². The largest absolute Gasteiger partial charge is 0.453 e. The molecule has 0 fully saturated rings. The monoisotopic (exact) mass is 254 g/mol. The third-order valence-corrected chi connectivity index (χ3v) is 1.85. The number of benzene rings is 1. The molecule has 0 atom stereocenters. The molecule has 6 nitrogen and oxygen atoms in total. The molecule has 0 unspecified atom stereocenters. The fourth-order valence-corrected chi connectivity index (χ4v) is 1.02. The first-order valence-corrected chi connectivity index (χ1v) is 5.34. The SMILES string of the molecule is CCOC(N)=O.COC(=O)Nc1ccccc1C. The maximum Gasteiger partial charge on any atom is 0.411 e. The Kier molecular flexibility index (Phi) is 7.76. The number of carbonyl (C=O) groups excluding carboxylic acids is 2. The van der Waals surface area contributed by atoms with E-state index in [-0.39, 0.29) is 0 Å². The van der Waals surface area contributed by atoms with Crippen LogP contribution < -0.4 is 11.1 Å². The number of primary amides is 1. The average molecular weight is 254 g/mol. The van der Waals surface area contributed by atoms with Gasteiger partial charge in [0.15, 0.2) is 0 Å². The number of hydrogen-bond acceptors (Lipinski definition) is 4.